The van der Waals surface area contributed by atoms with Crippen molar-refractivity contribution in [3.8, 4) is 5.75 Å². The Morgan fingerprint density at radius 2 is 1.85 bits per heavy atom. The number of carbonyl (C=O) groups is 1. The Bertz CT molecular complexity index is 791. The lowest BCUT2D eigenvalue weighted by molar-refractivity contribution is -0.274. The summed E-state index contributed by atoms with van der Waals surface area (Å²) in [5.41, 5.74) is 3.38. The number of alkyl halides is 3. The summed E-state index contributed by atoms with van der Waals surface area (Å²) in [6, 6.07) is 10.3. The second-order valence-electron chi connectivity index (χ2n) is 6.08. The molecule has 2 aromatic rings. The highest BCUT2D eigenvalue weighted by Gasteiger charge is 2.31. The Kier molecular flexibility index (Phi) is 5.03. The van der Waals surface area contributed by atoms with Gasteiger partial charge in [-0.15, -0.1) is 13.2 Å². The first-order valence-electron chi connectivity index (χ1n) is 8.03. The maximum absolute atomic E-state index is 12.2. The predicted octanol–water partition coefficient (Wildman–Crippen LogP) is 4.22. The molecule has 0 spiro atoms. The predicted molar refractivity (Wildman–Crippen MR) is 92.2 cm³/mol. The second-order valence-corrected chi connectivity index (χ2v) is 6.08. The zero-order chi connectivity index (χ0) is 18.7. The molecule has 1 aliphatic rings. The number of urea groups is 1. The summed E-state index contributed by atoms with van der Waals surface area (Å²) in [5.74, 6) is -0.343. The summed E-state index contributed by atoms with van der Waals surface area (Å²) in [6.45, 7) is 1.74. The van der Waals surface area contributed by atoms with Gasteiger partial charge in [0.15, 0.2) is 0 Å². The van der Waals surface area contributed by atoms with Gasteiger partial charge in [-0.25, -0.2) is 4.79 Å². The third-order valence-electron chi connectivity index (χ3n) is 4.05. The van der Waals surface area contributed by atoms with E-state index in [0.717, 1.165) is 42.9 Å². The van der Waals surface area contributed by atoms with Crippen LogP contribution in [0, 0.1) is 0 Å². The van der Waals surface area contributed by atoms with Crippen molar-refractivity contribution < 1.29 is 22.7 Å². The van der Waals surface area contributed by atoms with Crippen LogP contribution in [0.1, 0.15) is 11.1 Å². The molecule has 8 heteroatoms. The van der Waals surface area contributed by atoms with Crippen LogP contribution in [0.2, 0.25) is 0 Å². The van der Waals surface area contributed by atoms with E-state index in [1.165, 1.54) is 17.7 Å². The van der Waals surface area contributed by atoms with Crippen LogP contribution in [-0.4, -0.2) is 30.9 Å². The average molecular weight is 365 g/mol. The molecule has 0 unspecified atom stereocenters. The van der Waals surface area contributed by atoms with Gasteiger partial charge in [-0.2, -0.15) is 0 Å². The number of carbonyl (C=O) groups excluding carboxylic acids is 1. The summed E-state index contributed by atoms with van der Waals surface area (Å²) in [5, 5.41) is 5.41. The molecule has 0 atom stereocenters. The Balaban J connectivity index is 1.64. The smallest absolute Gasteiger partial charge is 0.406 e. The standard InChI is InChI=1S/C18H18F3N3O2/c1-24-10-9-15-12(11-24)3-2-4-16(15)23-17(25)22-13-5-7-14(8-6-13)26-18(19,20)21/h2-8H,9-11H2,1H3,(H2,22,23,25). The van der Waals surface area contributed by atoms with E-state index < -0.39 is 12.4 Å². The highest BCUT2D eigenvalue weighted by atomic mass is 19.4. The number of fused-ring (bicyclic) bond motifs is 1. The van der Waals surface area contributed by atoms with Gasteiger partial charge in [0.25, 0.3) is 0 Å². The molecule has 2 N–H and O–H groups in total. The van der Waals surface area contributed by atoms with E-state index in [1.54, 1.807) is 0 Å². The lowest BCUT2D eigenvalue weighted by Gasteiger charge is -2.26. The number of anilines is 2. The fraction of sp³-hybridized carbons (Fsp3) is 0.278. The van der Waals surface area contributed by atoms with E-state index in [4.69, 9.17) is 0 Å². The van der Waals surface area contributed by atoms with Crippen molar-refractivity contribution >= 4 is 17.4 Å². The minimum atomic E-state index is -4.74. The number of hydrogen-bond donors (Lipinski definition) is 2. The lowest BCUT2D eigenvalue weighted by atomic mass is 9.98. The van der Waals surface area contributed by atoms with Crippen molar-refractivity contribution in [3.05, 3.63) is 53.6 Å². The zero-order valence-electron chi connectivity index (χ0n) is 14.1. The van der Waals surface area contributed by atoms with Crippen LogP contribution in [0.4, 0.5) is 29.3 Å². The topological polar surface area (TPSA) is 53.6 Å². The molecule has 0 saturated carbocycles. The first-order valence-corrected chi connectivity index (χ1v) is 8.03. The van der Waals surface area contributed by atoms with Gasteiger partial charge in [0.2, 0.25) is 0 Å². The van der Waals surface area contributed by atoms with Gasteiger partial charge in [-0.05, 0) is 54.9 Å². The van der Waals surface area contributed by atoms with Gasteiger partial charge in [-0.3, -0.25) is 0 Å². The quantitative estimate of drug-likeness (QED) is 0.856. The Morgan fingerprint density at radius 3 is 2.54 bits per heavy atom. The van der Waals surface area contributed by atoms with Crippen molar-refractivity contribution in [2.24, 2.45) is 0 Å². The van der Waals surface area contributed by atoms with Crippen LogP contribution in [0.5, 0.6) is 5.75 Å². The van der Waals surface area contributed by atoms with Crippen LogP contribution in [0.15, 0.2) is 42.5 Å². The number of nitrogens with one attached hydrogen (secondary N) is 2. The minimum absolute atomic E-state index is 0.343. The Hall–Kier alpha value is -2.74. The number of likely N-dealkylation sites (N-methyl/N-ethyl adjacent to an activating group) is 1. The lowest BCUT2D eigenvalue weighted by Crippen LogP contribution is -2.28. The normalized spacial score (nSPS) is 14.5. The van der Waals surface area contributed by atoms with E-state index in [2.05, 4.69) is 20.3 Å². The molecule has 0 aliphatic carbocycles. The fourth-order valence-electron chi connectivity index (χ4n) is 2.89. The maximum Gasteiger partial charge on any atom is 0.573 e. The Morgan fingerprint density at radius 1 is 1.12 bits per heavy atom. The SMILES string of the molecule is CN1CCc2c(cccc2NC(=O)Nc2ccc(OC(F)(F)F)cc2)C1. The van der Waals surface area contributed by atoms with Gasteiger partial charge in [0.05, 0.1) is 0 Å². The highest BCUT2D eigenvalue weighted by molar-refractivity contribution is 6.00. The number of ether oxygens (including phenoxy) is 1. The highest BCUT2D eigenvalue weighted by Crippen LogP contribution is 2.26. The van der Waals surface area contributed by atoms with E-state index in [9.17, 15) is 18.0 Å². The Labute approximate surface area is 148 Å². The minimum Gasteiger partial charge on any atom is -0.406 e. The van der Waals surface area contributed by atoms with Gasteiger partial charge in [0, 0.05) is 24.5 Å². The molecule has 26 heavy (non-hydrogen) atoms. The van der Waals surface area contributed by atoms with Gasteiger partial charge < -0.3 is 20.3 Å². The van der Waals surface area contributed by atoms with Crippen molar-refractivity contribution in [1.29, 1.82) is 0 Å². The molecular formula is C18H18F3N3O2. The summed E-state index contributed by atoms with van der Waals surface area (Å²) in [7, 11) is 2.04. The average Bonchev–Trinajstić information content (AvgIpc) is 2.55. The van der Waals surface area contributed by atoms with Crippen LogP contribution in [0.3, 0.4) is 0 Å². The van der Waals surface area contributed by atoms with Crippen molar-refractivity contribution in [2.75, 3.05) is 24.2 Å². The summed E-state index contributed by atoms with van der Waals surface area (Å²) in [4.78, 5) is 14.4. The molecule has 0 saturated heterocycles. The number of halogens is 3. The molecule has 0 radical (unpaired) electrons. The molecule has 138 valence electrons. The van der Waals surface area contributed by atoms with E-state index in [-0.39, 0.29) is 5.75 Å². The maximum atomic E-state index is 12.2. The molecular weight excluding hydrogens is 347 g/mol. The third-order valence-corrected chi connectivity index (χ3v) is 4.05. The third kappa shape index (κ3) is 4.66. The van der Waals surface area contributed by atoms with Gasteiger partial charge in [0.1, 0.15) is 5.75 Å². The second kappa shape index (κ2) is 7.25. The van der Waals surface area contributed by atoms with Crippen LogP contribution in [-0.2, 0) is 13.0 Å². The van der Waals surface area contributed by atoms with Crippen LogP contribution >= 0.6 is 0 Å². The molecule has 2 aromatic carbocycles. The number of nitrogens with zero attached hydrogens (tertiary/aromatic N) is 1. The number of rotatable bonds is 3. The molecule has 0 aromatic heterocycles. The molecule has 0 fully saturated rings. The number of benzene rings is 2. The monoisotopic (exact) mass is 365 g/mol. The van der Waals surface area contributed by atoms with Crippen LogP contribution in [0.25, 0.3) is 0 Å². The van der Waals surface area contributed by atoms with E-state index >= 15 is 0 Å². The summed E-state index contributed by atoms with van der Waals surface area (Å²) >= 11 is 0. The van der Waals surface area contributed by atoms with E-state index in [1.807, 2.05) is 25.2 Å². The molecule has 1 aliphatic heterocycles. The van der Waals surface area contributed by atoms with Crippen molar-refractivity contribution in [2.45, 2.75) is 19.3 Å². The van der Waals surface area contributed by atoms with Gasteiger partial charge >= 0.3 is 12.4 Å². The molecule has 3 rings (SSSR count). The van der Waals surface area contributed by atoms with Gasteiger partial charge in [-0.1, -0.05) is 12.1 Å². The van der Waals surface area contributed by atoms with Crippen molar-refractivity contribution in [1.82, 2.24) is 4.90 Å². The molecule has 2 amide bonds. The largest absolute Gasteiger partial charge is 0.573 e. The van der Waals surface area contributed by atoms with Crippen molar-refractivity contribution in [3.63, 3.8) is 0 Å². The zero-order valence-corrected chi connectivity index (χ0v) is 14.1. The molecule has 1 heterocycles. The molecule has 5 nitrogen and oxygen atoms in total. The summed E-state index contributed by atoms with van der Waals surface area (Å²) < 4.78 is 40.3. The van der Waals surface area contributed by atoms with E-state index in [0.29, 0.717) is 5.69 Å². The first-order chi connectivity index (χ1) is 12.3. The first kappa shape index (κ1) is 18.1. The molecule has 0 bridgehead atoms. The summed E-state index contributed by atoms with van der Waals surface area (Å²) in [6.07, 6.45) is -3.90. The van der Waals surface area contributed by atoms with Crippen LogP contribution < -0.4 is 15.4 Å². The number of hydrogen-bond acceptors (Lipinski definition) is 3. The number of amides is 2. The fourth-order valence-corrected chi connectivity index (χ4v) is 2.89.